The van der Waals surface area contributed by atoms with Crippen molar-refractivity contribution in [3.8, 4) is 5.75 Å². The van der Waals surface area contributed by atoms with Crippen molar-refractivity contribution >= 4 is 5.71 Å². The second-order valence-electron chi connectivity index (χ2n) is 4.80. The van der Waals surface area contributed by atoms with E-state index in [0.717, 1.165) is 11.3 Å². The second-order valence-corrected chi connectivity index (χ2v) is 4.80. The maximum Gasteiger partial charge on any atom is 0.119 e. The molecule has 0 radical (unpaired) electrons. The molecule has 1 aromatic carbocycles. The van der Waals surface area contributed by atoms with Crippen LogP contribution in [0.5, 0.6) is 5.75 Å². The zero-order chi connectivity index (χ0) is 13.6. The molecule has 0 heterocycles. The fourth-order valence-electron chi connectivity index (χ4n) is 1.38. The lowest BCUT2D eigenvalue weighted by atomic mass is 10.1. The summed E-state index contributed by atoms with van der Waals surface area (Å²) < 4.78 is 5.52. The van der Waals surface area contributed by atoms with Crippen LogP contribution in [0.15, 0.2) is 29.4 Å². The largest absolute Gasteiger partial charge is 0.491 e. The molecule has 0 saturated carbocycles. The van der Waals surface area contributed by atoms with E-state index in [1.807, 2.05) is 31.2 Å². The molecule has 0 spiro atoms. The highest BCUT2D eigenvalue weighted by Gasteiger charge is 2.18. The Bertz CT molecular complexity index is 396. The Morgan fingerprint density at radius 3 is 2.44 bits per heavy atom. The average molecular weight is 251 g/mol. The summed E-state index contributed by atoms with van der Waals surface area (Å²) in [5.74, 6) is 0.728. The molecule has 0 aliphatic rings. The fourth-order valence-corrected chi connectivity index (χ4v) is 1.38. The molecule has 0 fully saturated rings. The predicted octanol–water partition coefficient (Wildman–Crippen LogP) is 2.62. The second kappa shape index (κ2) is 6.40. The van der Waals surface area contributed by atoms with Crippen LogP contribution in [0.25, 0.3) is 0 Å². The molecule has 0 aliphatic heterocycles. The van der Waals surface area contributed by atoms with Gasteiger partial charge in [0, 0.05) is 6.42 Å². The molecular weight excluding hydrogens is 230 g/mol. The Balaban J connectivity index is 2.55. The van der Waals surface area contributed by atoms with Crippen molar-refractivity contribution in [3.63, 3.8) is 0 Å². The summed E-state index contributed by atoms with van der Waals surface area (Å²) in [5, 5.41) is 21.5. The van der Waals surface area contributed by atoms with E-state index in [4.69, 9.17) is 9.94 Å². The van der Waals surface area contributed by atoms with Crippen molar-refractivity contribution in [1.29, 1.82) is 0 Å². The van der Waals surface area contributed by atoms with Crippen LogP contribution in [0.2, 0.25) is 0 Å². The van der Waals surface area contributed by atoms with Gasteiger partial charge in [-0.3, -0.25) is 0 Å². The van der Waals surface area contributed by atoms with E-state index in [1.165, 1.54) is 0 Å². The standard InChI is InChI=1S/C14H21NO3/c1-4-14(3,16)10-18-13-7-5-12(6-8-13)9-11(2)15-17/h5-8,16-17H,4,9-10H2,1-3H3/b15-11+. The Morgan fingerprint density at radius 2 is 1.94 bits per heavy atom. The van der Waals surface area contributed by atoms with Crippen LogP contribution in [0, 0.1) is 0 Å². The third kappa shape index (κ3) is 4.75. The first-order chi connectivity index (χ1) is 8.46. The minimum atomic E-state index is -0.793. The van der Waals surface area contributed by atoms with E-state index in [2.05, 4.69) is 5.16 Å². The van der Waals surface area contributed by atoms with E-state index in [0.29, 0.717) is 18.6 Å². The third-order valence-corrected chi connectivity index (χ3v) is 2.87. The Kier molecular flexibility index (Phi) is 5.16. The maximum atomic E-state index is 9.82. The van der Waals surface area contributed by atoms with E-state index in [9.17, 15) is 5.11 Å². The van der Waals surface area contributed by atoms with Crippen molar-refractivity contribution in [2.24, 2.45) is 5.16 Å². The number of ether oxygens (including phenoxy) is 1. The summed E-state index contributed by atoms with van der Waals surface area (Å²) >= 11 is 0. The number of aliphatic hydroxyl groups is 1. The lowest BCUT2D eigenvalue weighted by Crippen LogP contribution is -2.31. The predicted molar refractivity (Wildman–Crippen MR) is 71.5 cm³/mol. The van der Waals surface area contributed by atoms with Gasteiger partial charge in [0.05, 0.1) is 11.3 Å². The fraction of sp³-hybridized carbons (Fsp3) is 0.500. The molecule has 0 aliphatic carbocycles. The number of rotatable bonds is 6. The molecule has 18 heavy (non-hydrogen) atoms. The zero-order valence-corrected chi connectivity index (χ0v) is 11.2. The molecule has 1 aromatic rings. The molecule has 0 saturated heterocycles. The van der Waals surface area contributed by atoms with Gasteiger partial charge in [-0.05, 0) is 38.0 Å². The highest BCUT2D eigenvalue weighted by atomic mass is 16.5. The Morgan fingerprint density at radius 1 is 1.33 bits per heavy atom. The van der Waals surface area contributed by atoms with E-state index in [1.54, 1.807) is 13.8 Å². The average Bonchev–Trinajstić information content (AvgIpc) is 2.38. The van der Waals surface area contributed by atoms with Crippen molar-refractivity contribution in [1.82, 2.24) is 0 Å². The van der Waals surface area contributed by atoms with Crippen molar-refractivity contribution in [3.05, 3.63) is 29.8 Å². The minimum Gasteiger partial charge on any atom is -0.491 e. The van der Waals surface area contributed by atoms with E-state index >= 15 is 0 Å². The normalized spacial score (nSPS) is 15.2. The first kappa shape index (κ1) is 14.5. The number of hydrogen-bond acceptors (Lipinski definition) is 4. The third-order valence-electron chi connectivity index (χ3n) is 2.87. The summed E-state index contributed by atoms with van der Waals surface area (Å²) in [4.78, 5) is 0. The van der Waals surface area contributed by atoms with Gasteiger partial charge < -0.3 is 15.1 Å². The van der Waals surface area contributed by atoms with E-state index < -0.39 is 5.60 Å². The van der Waals surface area contributed by atoms with Crippen molar-refractivity contribution < 1.29 is 15.1 Å². The number of oxime groups is 1. The highest BCUT2D eigenvalue weighted by molar-refractivity contribution is 5.83. The van der Waals surface area contributed by atoms with Gasteiger partial charge in [0.2, 0.25) is 0 Å². The van der Waals surface area contributed by atoms with Crippen molar-refractivity contribution in [2.45, 2.75) is 39.2 Å². The quantitative estimate of drug-likeness (QED) is 0.464. The Hall–Kier alpha value is -1.55. The monoisotopic (exact) mass is 251 g/mol. The Labute approximate surface area is 108 Å². The first-order valence-electron chi connectivity index (χ1n) is 6.08. The highest BCUT2D eigenvalue weighted by Crippen LogP contribution is 2.16. The first-order valence-corrected chi connectivity index (χ1v) is 6.08. The minimum absolute atomic E-state index is 0.278. The van der Waals surface area contributed by atoms with Gasteiger partial charge in [-0.1, -0.05) is 24.2 Å². The smallest absolute Gasteiger partial charge is 0.119 e. The number of hydrogen-bond donors (Lipinski definition) is 2. The van der Waals surface area contributed by atoms with E-state index in [-0.39, 0.29) is 6.61 Å². The van der Waals surface area contributed by atoms with Gasteiger partial charge in [-0.15, -0.1) is 0 Å². The molecule has 1 rings (SSSR count). The van der Waals surface area contributed by atoms with Crippen LogP contribution in [-0.2, 0) is 6.42 Å². The SMILES string of the molecule is CCC(C)(O)COc1ccc(C/C(C)=N/O)cc1. The topological polar surface area (TPSA) is 62.0 Å². The van der Waals surface area contributed by atoms with Gasteiger partial charge in [-0.25, -0.2) is 0 Å². The van der Waals surface area contributed by atoms with Crippen LogP contribution in [0.4, 0.5) is 0 Å². The van der Waals surface area contributed by atoms with Crippen LogP contribution in [-0.4, -0.2) is 28.2 Å². The van der Waals surface area contributed by atoms with Gasteiger partial charge in [0.15, 0.2) is 0 Å². The molecule has 1 unspecified atom stereocenters. The molecule has 0 aromatic heterocycles. The van der Waals surface area contributed by atoms with Crippen LogP contribution in [0.1, 0.15) is 32.8 Å². The maximum absolute atomic E-state index is 9.82. The molecule has 100 valence electrons. The van der Waals surface area contributed by atoms with Crippen molar-refractivity contribution in [2.75, 3.05) is 6.61 Å². The van der Waals surface area contributed by atoms with Gasteiger partial charge in [0.25, 0.3) is 0 Å². The molecule has 2 N–H and O–H groups in total. The van der Waals surface area contributed by atoms with Gasteiger partial charge in [-0.2, -0.15) is 0 Å². The summed E-state index contributed by atoms with van der Waals surface area (Å²) in [6.45, 7) is 5.72. The zero-order valence-electron chi connectivity index (χ0n) is 11.2. The lowest BCUT2D eigenvalue weighted by molar-refractivity contribution is 0.00847. The molecule has 4 heteroatoms. The molecule has 0 amide bonds. The van der Waals surface area contributed by atoms with Crippen LogP contribution >= 0.6 is 0 Å². The molecule has 4 nitrogen and oxygen atoms in total. The van der Waals surface area contributed by atoms with Gasteiger partial charge in [0.1, 0.15) is 12.4 Å². The number of benzene rings is 1. The number of nitrogens with zero attached hydrogens (tertiary/aromatic N) is 1. The summed E-state index contributed by atoms with van der Waals surface area (Å²) in [6, 6.07) is 7.55. The summed E-state index contributed by atoms with van der Waals surface area (Å²) in [7, 11) is 0. The van der Waals surface area contributed by atoms with Gasteiger partial charge >= 0.3 is 0 Å². The summed E-state index contributed by atoms with van der Waals surface area (Å²) in [5.41, 5.74) is 0.927. The summed E-state index contributed by atoms with van der Waals surface area (Å²) in [6.07, 6.45) is 1.26. The lowest BCUT2D eigenvalue weighted by Gasteiger charge is -2.21. The molecular formula is C14H21NO3. The molecule has 0 bridgehead atoms. The van der Waals surface area contributed by atoms with Crippen LogP contribution < -0.4 is 4.74 Å². The molecule has 1 atom stereocenters. The van der Waals surface area contributed by atoms with Crippen LogP contribution in [0.3, 0.4) is 0 Å².